The van der Waals surface area contributed by atoms with Crippen molar-refractivity contribution in [2.45, 2.75) is 38.8 Å². The molecule has 1 aliphatic heterocycles. The second kappa shape index (κ2) is 5.11. The number of phenolic OH excluding ortho intramolecular Hbond substituents is 1. The maximum Gasteiger partial charge on any atom is 0.243 e. The molecule has 0 radical (unpaired) electrons. The van der Waals surface area contributed by atoms with Crippen LogP contribution in [0.3, 0.4) is 0 Å². The van der Waals surface area contributed by atoms with Gasteiger partial charge in [-0.15, -0.1) is 0 Å². The Labute approximate surface area is 131 Å². The first-order valence-electron chi connectivity index (χ1n) is 7.18. The lowest BCUT2D eigenvalue weighted by molar-refractivity contribution is 0.430. The molecule has 22 heavy (non-hydrogen) atoms. The summed E-state index contributed by atoms with van der Waals surface area (Å²) in [5.41, 5.74) is 4.48. The van der Waals surface area contributed by atoms with Crippen LogP contribution in [0.4, 0.5) is 0 Å². The monoisotopic (exact) mass is 317 g/mol. The van der Waals surface area contributed by atoms with Crippen molar-refractivity contribution in [3.8, 4) is 5.75 Å². The molecule has 4 nitrogen and oxygen atoms in total. The van der Waals surface area contributed by atoms with Gasteiger partial charge in [0, 0.05) is 13.1 Å². The first-order chi connectivity index (χ1) is 10.3. The molecule has 0 aromatic heterocycles. The molecule has 2 aromatic carbocycles. The first-order valence-corrected chi connectivity index (χ1v) is 8.62. The topological polar surface area (TPSA) is 57.6 Å². The molecule has 1 aliphatic rings. The molecule has 116 valence electrons. The van der Waals surface area contributed by atoms with Gasteiger partial charge in [0.1, 0.15) is 5.75 Å². The van der Waals surface area contributed by atoms with Crippen molar-refractivity contribution in [3.63, 3.8) is 0 Å². The number of aryl methyl sites for hydroxylation is 2. The van der Waals surface area contributed by atoms with E-state index in [0.29, 0.717) is 18.0 Å². The molecular weight excluding hydrogens is 298 g/mol. The van der Waals surface area contributed by atoms with Gasteiger partial charge in [0.2, 0.25) is 10.0 Å². The summed E-state index contributed by atoms with van der Waals surface area (Å²) >= 11 is 0. The summed E-state index contributed by atoms with van der Waals surface area (Å²) in [6.07, 6.45) is 0. The lowest BCUT2D eigenvalue weighted by atomic mass is 10.00. The summed E-state index contributed by atoms with van der Waals surface area (Å²) in [5.74, 6) is 0.258. The van der Waals surface area contributed by atoms with E-state index < -0.39 is 10.0 Å². The number of benzene rings is 2. The van der Waals surface area contributed by atoms with Crippen LogP contribution in [0.5, 0.6) is 5.75 Å². The third kappa shape index (κ3) is 2.30. The third-order valence-corrected chi connectivity index (χ3v) is 6.11. The van der Waals surface area contributed by atoms with E-state index in [9.17, 15) is 13.5 Å². The van der Waals surface area contributed by atoms with Gasteiger partial charge >= 0.3 is 0 Å². The fraction of sp³-hybridized carbons (Fsp3) is 0.294. The minimum atomic E-state index is -3.51. The lowest BCUT2D eigenvalue weighted by Gasteiger charge is -2.15. The van der Waals surface area contributed by atoms with Gasteiger partial charge in [0.15, 0.2) is 0 Å². The first kappa shape index (κ1) is 15.1. The van der Waals surface area contributed by atoms with Crippen molar-refractivity contribution in [2.24, 2.45) is 0 Å². The number of hydrogen-bond donors (Lipinski definition) is 1. The molecule has 5 heteroatoms. The predicted octanol–water partition coefficient (Wildman–Crippen LogP) is 3.02. The van der Waals surface area contributed by atoms with Crippen molar-refractivity contribution < 1.29 is 13.5 Å². The van der Waals surface area contributed by atoms with Crippen LogP contribution in [0, 0.1) is 20.8 Å². The van der Waals surface area contributed by atoms with Crippen LogP contribution >= 0.6 is 0 Å². The van der Waals surface area contributed by atoms with Crippen LogP contribution in [0.25, 0.3) is 0 Å². The van der Waals surface area contributed by atoms with Crippen molar-refractivity contribution in [2.75, 3.05) is 0 Å². The molecule has 0 atom stereocenters. The van der Waals surface area contributed by atoms with Crippen molar-refractivity contribution in [3.05, 3.63) is 58.1 Å². The predicted molar refractivity (Wildman–Crippen MR) is 85.2 cm³/mol. The van der Waals surface area contributed by atoms with Gasteiger partial charge in [-0.3, -0.25) is 0 Å². The highest BCUT2D eigenvalue weighted by molar-refractivity contribution is 7.89. The fourth-order valence-electron chi connectivity index (χ4n) is 2.91. The van der Waals surface area contributed by atoms with Gasteiger partial charge in [-0.05, 0) is 55.2 Å². The highest BCUT2D eigenvalue weighted by Crippen LogP contribution is 2.36. The average molecular weight is 317 g/mol. The molecular formula is C17H19NO3S. The number of hydrogen-bond acceptors (Lipinski definition) is 3. The van der Waals surface area contributed by atoms with Crippen molar-refractivity contribution >= 4 is 10.0 Å². The smallest absolute Gasteiger partial charge is 0.243 e. The SMILES string of the molecule is Cc1ccc(S(=O)(=O)N2Cc3cc(C)c(O)c(C)c3C2)cc1. The zero-order valence-electron chi connectivity index (χ0n) is 12.9. The van der Waals surface area contributed by atoms with Crippen LogP contribution in [0.1, 0.15) is 27.8 Å². The van der Waals surface area contributed by atoms with Gasteiger partial charge in [-0.1, -0.05) is 23.8 Å². The molecule has 2 aromatic rings. The maximum atomic E-state index is 12.8. The number of fused-ring (bicyclic) bond motifs is 1. The Morgan fingerprint density at radius 1 is 1.05 bits per heavy atom. The van der Waals surface area contributed by atoms with E-state index >= 15 is 0 Å². The molecule has 0 unspecified atom stereocenters. The standard InChI is InChI=1S/C17H19NO3S/c1-11-4-6-15(7-5-11)22(20,21)18-9-14-8-12(2)17(19)13(3)16(14)10-18/h4-8,19H,9-10H2,1-3H3. The van der Waals surface area contributed by atoms with Crippen molar-refractivity contribution in [1.82, 2.24) is 4.31 Å². The number of aromatic hydroxyl groups is 1. The Balaban J connectivity index is 1.99. The van der Waals surface area contributed by atoms with Gasteiger partial charge in [-0.25, -0.2) is 8.42 Å². The number of rotatable bonds is 2. The van der Waals surface area contributed by atoms with Crippen LogP contribution in [-0.4, -0.2) is 17.8 Å². The van der Waals surface area contributed by atoms with E-state index in [1.165, 1.54) is 4.31 Å². The molecule has 0 amide bonds. The summed E-state index contributed by atoms with van der Waals surface area (Å²) in [7, 11) is -3.51. The van der Waals surface area contributed by atoms with Crippen LogP contribution in [0.15, 0.2) is 35.2 Å². The normalized spacial score (nSPS) is 15.0. The highest BCUT2D eigenvalue weighted by Gasteiger charge is 2.32. The molecule has 0 saturated heterocycles. The van der Waals surface area contributed by atoms with Gasteiger partial charge in [0.05, 0.1) is 4.90 Å². The summed E-state index contributed by atoms with van der Waals surface area (Å²) in [4.78, 5) is 0.310. The highest BCUT2D eigenvalue weighted by atomic mass is 32.2. The van der Waals surface area contributed by atoms with Gasteiger partial charge < -0.3 is 5.11 Å². The average Bonchev–Trinajstić information content (AvgIpc) is 2.90. The van der Waals surface area contributed by atoms with Crippen LogP contribution in [0.2, 0.25) is 0 Å². The van der Waals surface area contributed by atoms with E-state index in [1.807, 2.05) is 26.8 Å². The van der Waals surface area contributed by atoms with E-state index in [2.05, 4.69) is 0 Å². The van der Waals surface area contributed by atoms with E-state index in [4.69, 9.17) is 0 Å². The minimum Gasteiger partial charge on any atom is -0.507 e. The number of nitrogens with zero attached hydrogens (tertiary/aromatic N) is 1. The van der Waals surface area contributed by atoms with Crippen molar-refractivity contribution in [1.29, 1.82) is 0 Å². The van der Waals surface area contributed by atoms with E-state index in [0.717, 1.165) is 27.8 Å². The number of sulfonamides is 1. The molecule has 0 spiro atoms. The molecule has 0 aliphatic carbocycles. The summed E-state index contributed by atoms with van der Waals surface area (Å²) in [6.45, 7) is 6.26. The number of phenols is 1. The summed E-state index contributed by atoms with van der Waals surface area (Å²) in [5, 5.41) is 10.0. The quantitative estimate of drug-likeness (QED) is 0.926. The maximum absolute atomic E-state index is 12.8. The Hall–Kier alpha value is -1.85. The van der Waals surface area contributed by atoms with Crippen LogP contribution < -0.4 is 0 Å². The molecule has 3 rings (SSSR count). The summed E-state index contributed by atoms with van der Waals surface area (Å²) in [6, 6.07) is 8.77. The largest absolute Gasteiger partial charge is 0.507 e. The molecule has 1 heterocycles. The zero-order valence-corrected chi connectivity index (χ0v) is 13.7. The van der Waals surface area contributed by atoms with Gasteiger partial charge in [-0.2, -0.15) is 4.31 Å². The molecule has 0 bridgehead atoms. The Bertz CT molecular complexity index is 839. The fourth-order valence-corrected chi connectivity index (χ4v) is 4.30. The van der Waals surface area contributed by atoms with Gasteiger partial charge in [0.25, 0.3) is 0 Å². The third-order valence-electron chi connectivity index (χ3n) is 4.30. The molecule has 1 N–H and O–H groups in total. The van der Waals surface area contributed by atoms with E-state index in [1.54, 1.807) is 24.3 Å². The Kier molecular flexibility index (Phi) is 3.50. The zero-order chi connectivity index (χ0) is 16.1. The summed E-state index contributed by atoms with van der Waals surface area (Å²) < 4.78 is 27.0. The minimum absolute atomic E-state index is 0.258. The molecule has 0 fully saturated rings. The molecule has 0 saturated carbocycles. The Morgan fingerprint density at radius 3 is 2.32 bits per heavy atom. The second-order valence-corrected chi connectivity index (χ2v) is 7.83. The van der Waals surface area contributed by atoms with Crippen LogP contribution in [-0.2, 0) is 23.1 Å². The second-order valence-electron chi connectivity index (χ2n) is 5.89. The Morgan fingerprint density at radius 2 is 1.68 bits per heavy atom. The van der Waals surface area contributed by atoms with E-state index in [-0.39, 0.29) is 5.75 Å². The lowest BCUT2D eigenvalue weighted by Crippen LogP contribution is -2.25.